The zero-order chi connectivity index (χ0) is 24.0. The summed E-state index contributed by atoms with van der Waals surface area (Å²) in [5, 5.41) is 75.0. The monoisotopic (exact) mass is 485 g/mol. The average Bonchev–Trinajstić information content (AvgIpc) is 2.84. The van der Waals surface area contributed by atoms with Gasteiger partial charge in [-0.3, -0.25) is 0 Å². The Morgan fingerprint density at radius 2 is 0.185 bits per heavy atom. The smallest absolute Gasteiger partial charge is 0.512 e. The topological polar surface area (TPSA) is 285 Å². The first-order valence-electron chi connectivity index (χ1n) is 2.68. The van der Waals surface area contributed by atoms with Gasteiger partial charge in [0.25, 0.3) is 0 Å². The van der Waals surface area contributed by atoms with Crippen LogP contribution in [0.3, 0.4) is 0 Å². The Morgan fingerprint density at radius 1 is 0.185 bits per heavy atom. The Hall–Kier alpha value is -4.56. The number of nitrogens with zero attached hydrogens (tertiary/aromatic N) is 12. The first-order valence-corrected chi connectivity index (χ1v) is 2.68. The molecular formula is C12CuMn2N12-10. The summed E-state index contributed by atoms with van der Waals surface area (Å²) < 4.78 is 0. The molecule has 3 radical (unpaired) electrons. The molecule has 0 bridgehead atoms. The maximum Gasteiger partial charge on any atom is 2.00 e. The van der Waals surface area contributed by atoms with Crippen molar-refractivity contribution in [2.24, 2.45) is 0 Å². The van der Waals surface area contributed by atoms with Crippen molar-refractivity contribution in [1.29, 1.82) is 63.1 Å². The van der Waals surface area contributed by atoms with E-state index in [0.29, 0.717) is 0 Å². The number of hydrogen-bond donors (Lipinski definition) is 0. The summed E-state index contributed by atoms with van der Waals surface area (Å²) >= 11 is 0. The third-order valence-electron chi connectivity index (χ3n) is 0. The summed E-state index contributed by atoms with van der Waals surface area (Å²) in [7, 11) is 0. The van der Waals surface area contributed by atoms with Crippen LogP contribution in [0.15, 0.2) is 0 Å². The molecular weight excluding hydrogens is 486 g/mol. The normalized spacial score (nSPS) is 0.889. The van der Waals surface area contributed by atoms with Crippen LogP contribution in [0.2, 0.25) is 0 Å². The van der Waals surface area contributed by atoms with Crippen molar-refractivity contribution in [2.75, 3.05) is 0 Å². The van der Waals surface area contributed by atoms with Gasteiger partial charge in [0, 0.05) is 34.1 Å². The van der Waals surface area contributed by atoms with E-state index in [1.54, 1.807) is 0 Å². The molecule has 0 fully saturated rings. The minimum atomic E-state index is 0. The molecule has 0 spiro atoms. The molecule has 143 valence electrons. The van der Waals surface area contributed by atoms with Crippen LogP contribution >= 0.6 is 0 Å². The van der Waals surface area contributed by atoms with Crippen LogP contribution in [0.4, 0.5) is 0 Å². The van der Waals surface area contributed by atoms with E-state index in [4.69, 9.17) is 142 Å². The largest absolute Gasteiger partial charge is 2.00 e. The molecule has 0 aromatic rings. The van der Waals surface area contributed by atoms with E-state index < -0.39 is 0 Å². The molecule has 12 nitrogen and oxygen atoms in total. The zero-order valence-electron chi connectivity index (χ0n) is 12.4. The summed E-state index contributed by atoms with van der Waals surface area (Å²) in [5.74, 6) is 0. The summed E-state index contributed by atoms with van der Waals surface area (Å²) in [6.45, 7) is 57.0. The van der Waals surface area contributed by atoms with Crippen LogP contribution in [0.5, 0.6) is 0 Å². The van der Waals surface area contributed by atoms with Gasteiger partial charge < -0.3 is 142 Å². The molecule has 0 aliphatic rings. The molecule has 0 rings (SSSR count). The van der Waals surface area contributed by atoms with Crippen molar-refractivity contribution < 1.29 is 51.2 Å². The van der Waals surface area contributed by atoms with Crippen molar-refractivity contribution in [2.45, 2.75) is 0 Å². The first kappa shape index (κ1) is 186. The van der Waals surface area contributed by atoms with Gasteiger partial charge in [0.2, 0.25) is 0 Å². The second kappa shape index (κ2) is 430. The predicted octanol–water partition coefficient (Wildman–Crippen LogP) is 1.15. The van der Waals surface area contributed by atoms with Gasteiger partial charge in [-0.05, 0) is 0 Å². The van der Waals surface area contributed by atoms with E-state index in [2.05, 4.69) is 0 Å². The van der Waals surface area contributed by atoms with Crippen LogP contribution in [-0.4, -0.2) is 0 Å². The van der Waals surface area contributed by atoms with Crippen LogP contribution in [0.25, 0.3) is 0 Å². The van der Waals surface area contributed by atoms with Gasteiger partial charge in [0.1, 0.15) is 0 Å². The molecule has 0 saturated heterocycles. The Labute approximate surface area is 192 Å². The molecule has 0 aliphatic heterocycles. The second-order valence-corrected chi connectivity index (χ2v) is 0. The van der Waals surface area contributed by atoms with Crippen LogP contribution in [0.1, 0.15) is 0 Å². The Balaban J connectivity index is -0.00000000443. The maximum absolute atomic E-state index is 6.25. The molecule has 0 atom stereocenters. The molecule has 0 unspecified atom stereocenters. The second-order valence-electron chi connectivity index (χ2n) is 0. The molecule has 0 aromatic heterocycles. The Morgan fingerprint density at radius 3 is 0.185 bits per heavy atom. The van der Waals surface area contributed by atoms with Crippen LogP contribution in [0, 0.1) is 142 Å². The Bertz CT molecular complexity index is 226. The SMILES string of the molecule is [C-]#N.[C-]#N.[C-]#N.[C-]#N.[C-]#N.[C-]#N.[C-]#N.[C-]#N.[C-]#N.[C-]#N.[C-]#N.[C-]#N.[Cu+2].[Mn].[Mn]. The molecule has 15 heteroatoms. The van der Waals surface area contributed by atoms with Crippen LogP contribution < -0.4 is 0 Å². The minimum Gasteiger partial charge on any atom is -0.512 e. The fourth-order valence-corrected chi connectivity index (χ4v) is 0. The van der Waals surface area contributed by atoms with Gasteiger partial charge >= 0.3 is 17.1 Å². The van der Waals surface area contributed by atoms with Gasteiger partial charge in [-0.25, -0.2) is 0 Å². The molecule has 0 aliphatic carbocycles. The number of hydrogen-bond acceptors (Lipinski definition) is 12. The minimum absolute atomic E-state index is 0. The summed E-state index contributed by atoms with van der Waals surface area (Å²) in [6.07, 6.45) is 0. The Kier molecular flexibility index (Phi) is 2970. The van der Waals surface area contributed by atoms with Gasteiger partial charge in [0.15, 0.2) is 0 Å². The van der Waals surface area contributed by atoms with E-state index in [1.165, 1.54) is 0 Å². The van der Waals surface area contributed by atoms with E-state index in [1.807, 2.05) is 0 Å². The quantitative estimate of drug-likeness (QED) is 0.344. The van der Waals surface area contributed by atoms with Gasteiger partial charge in [-0.2, -0.15) is 0 Å². The fourth-order valence-electron chi connectivity index (χ4n) is 0. The third-order valence-corrected chi connectivity index (χ3v) is 0. The first-order chi connectivity index (χ1) is 12.0. The molecule has 0 N–H and O–H groups in total. The maximum atomic E-state index is 6.25. The molecule has 0 saturated carbocycles. The van der Waals surface area contributed by atoms with E-state index in [9.17, 15) is 0 Å². The zero-order valence-corrected chi connectivity index (χ0v) is 15.7. The van der Waals surface area contributed by atoms with Gasteiger partial charge in [0.05, 0.1) is 0 Å². The third kappa shape index (κ3) is 389. The molecule has 0 heterocycles. The fraction of sp³-hybridized carbons (Fsp3) is 0. The summed E-state index contributed by atoms with van der Waals surface area (Å²) in [4.78, 5) is 0. The van der Waals surface area contributed by atoms with E-state index in [-0.39, 0.29) is 51.2 Å². The summed E-state index contributed by atoms with van der Waals surface area (Å²) in [5.41, 5.74) is 0. The van der Waals surface area contributed by atoms with E-state index >= 15 is 0 Å². The van der Waals surface area contributed by atoms with Crippen molar-refractivity contribution in [3.63, 3.8) is 0 Å². The molecule has 0 aromatic carbocycles. The predicted molar refractivity (Wildman–Crippen MR) is 59.6 cm³/mol. The average molecular weight is 486 g/mol. The van der Waals surface area contributed by atoms with E-state index in [0.717, 1.165) is 0 Å². The number of rotatable bonds is 0. The summed E-state index contributed by atoms with van der Waals surface area (Å²) in [6, 6.07) is 0. The standard InChI is InChI=1S/12CN.Cu.2Mn/c12*1-2;;;/q12*-1;+2;;. The van der Waals surface area contributed by atoms with Crippen molar-refractivity contribution in [3.8, 4) is 0 Å². The van der Waals surface area contributed by atoms with Crippen molar-refractivity contribution in [1.82, 2.24) is 0 Å². The van der Waals surface area contributed by atoms with Gasteiger partial charge in [-0.15, -0.1) is 0 Å². The molecule has 0 amide bonds. The van der Waals surface area contributed by atoms with Gasteiger partial charge in [-0.1, -0.05) is 0 Å². The van der Waals surface area contributed by atoms with Crippen molar-refractivity contribution >= 4 is 0 Å². The van der Waals surface area contributed by atoms with Crippen molar-refractivity contribution in [3.05, 3.63) is 78.9 Å². The van der Waals surface area contributed by atoms with Crippen LogP contribution in [-0.2, 0) is 51.2 Å². The molecule has 27 heavy (non-hydrogen) atoms.